The molecule has 5 aromatic rings. The minimum absolute atomic E-state index is 0.151. The van der Waals surface area contributed by atoms with Crippen molar-refractivity contribution in [2.24, 2.45) is 0 Å². The van der Waals surface area contributed by atoms with Crippen LogP contribution in [-0.4, -0.2) is 42.5 Å². The highest BCUT2D eigenvalue weighted by Gasteiger charge is 2.19. The number of para-hydroxylation sites is 1. The van der Waals surface area contributed by atoms with Gasteiger partial charge in [-0.3, -0.25) is 14.6 Å². The first-order valence-corrected chi connectivity index (χ1v) is 10.9. The molecule has 1 amide bonds. The van der Waals surface area contributed by atoms with Gasteiger partial charge in [0.25, 0.3) is 11.5 Å². The van der Waals surface area contributed by atoms with Crippen molar-refractivity contribution in [3.8, 4) is 17.4 Å². The topological polar surface area (TPSA) is 120 Å². The summed E-state index contributed by atoms with van der Waals surface area (Å²) in [5.41, 5.74) is 3.97. The smallest absolute Gasteiger partial charge is 0.263 e. The summed E-state index contributed by atoms with van der Waals surface area (Å²) >= 11 is 0. The number of aryl methyl sites for hydroxylation is 2. The Morgan fingerprint density at radius 2 is 1.86 bits per heavy atom. The zero-order valence-corrected chi connectivity index (χ0v) is 19.7. The number of methoxy groups -OCH3 is 1. The number of aromatic nitrogens is 6. The monoisotopic (exact) mass is 469 g/mol. The zero-order valence-electron chi connectivity index (χ0n) is 19.7. The van der Waals surface area contributed by atoms with Gasteiger partial charge in [0, 0.05) is 6.07 Å². The van der Waals surface area contributed by atoms with E-state index in [4.69, 9.17) is 4.74 Å². The van der Waals surface area contributed by atoms with Gasteiger partial charge >= 0.3 is 0 Å². The average Bonchev–Trinajstić information content (AvgIpc) is 3.44. The first-order chi connectivity index (χ1) is 16.9. The second kappa shape index (κ2) is 8.56. The highest BCUT2D eigenvalue weighted by Crippen LogP contribution is 2.23. The highest BCUT2D eigenvalue weighted by atomic mass is 16.5. The van der Waals surface area contributed by atoms with E-state index < -0.39 is 0 Å². The molecule has 0 aliphatic carbocycles. The van der Waals surface area contributed by atoms with Gasteiger partial charge in [-0.15, -0.1) is 0 Å². The lowest BCUT2D eigenvalue weighted by Crippen LogP contribution is -2.19. The number of ether oxygens (including phenoxy) is 1. The van der Waals surface area contributed by atoms with Crippen molar-refractivity contribution in [3.63, 3.8) is 0 Å². The SMILES string of the molecule is COc1ccccc1C(=O)Nc1cc(C)nn1-c1nc2c(cnn2-c2cccc(C)c2C)c(=O)[nH]1. The average molecular weight is 470 g/mol. The molecule has 0 atom stereocenters. The second-order valence-electron chi connectivity index (χ2n) is 8.14. The molecule has 2 aromatic carbocycles. The molecule has 176 valence electrons. The molecule has 2 N–H and O–H groups in total. The van der Waals surface area contributed by atoms with E-state index in [1.54, 1.807) is 41.9 Å². The van der Waals surface area contributed by atoms with E-state index in [0.29, 0.717) is 33.9 Å². The number of hydrogen-bond donors (Lipinski definition) is 2. The summed E-state index contributed by atoms with van der Waals surface area (Å²) in [5.74, 6) is 0.558. The summed E-state index contributed by atoms with van der Waals surface area (Å²) in [6.07, 6.45) is 1.49. The second-order valence-corrected chi connectivity index (χ2v) is 8.14. The quantitative estimate of drug-likeness (QED) is 0.407. The number of nitrogens with one attached hydrogen (secondary N) is 2. The van der Waals surface area contributed by atoms with E-state index in [9.17, 15) is 9.59 Å². The van der Waals surface area contributed by atoms with Crippen LogP contribution in [0.5, 0.6) is 5.75 Å². The molecule has 0 saturated heterocycles. The summed E-state index contributed by atoms with van der Waals surface area (Å²) in [5, 5.41) is 12.1. The maximum Gasteiger partial charge on any atom is 0.263 e. The van der Waals surface area contributed by atoms with Crippen molar-refractivity contribution >= 4 is 22.8 Å². The van der Waals surface area contributed by atoms with Crippen LogP contribution in [0.25, 0.3) is 22.7 Å². The fraction of sp³-hybridized carbons (Fsp3) is 0.160. The van der Waals surface area contributed by atoms with E-state index >= 15 is 0 Å². The molecule has 3 heterocycles. The Morgan fingerprint density at radius 3 is 2.66 bits per heavy atom. The number of hydrogen-bond acceptors (Lipinski definition) is 6. The Hall–Kier alpha value is -4.73. The number of amides is 1. The zero-order chi connectivity index (χ0) is 24.7. The molecule has 0 aliphatic rings. The number of benzene rings is 2. The van der Waals surface area contributed by atoms with Crippen LogP contribution in [0.1, 0.15) is 27.2 Å². The summed E-state index contributed by atoms with van der Waals surface area (Å²) in [7, 11) is 1.50. The molecule has 0 spiro atoms. The molecule has 0 aliphatic heterocycles. The van der Waals surface area contributed by atoms with Crippen LogP contribution >= 0.6 is 0 Å². The van der Waals surface area contributed by atoms with Gasteiger partial charge in [0.05, 0.1) is 30.3 Å². The third kappa shape index (κ3) is 3.84. The minimum Gasteiger partial charge on any atom is -0.496 e. The summed E-state index contributed by atoms with van der Waals surface area (Å²) in [6.45, 7) is 5.79. The van der Waals surface area contributed by atoms with Gasteiger partial charge in [-0.05, 0) is 50.1 Å². The van der Waals surface area contributed by atoms with Crippen molar-refractivity contribution < 1.29 is 9.53 Å². The molecule has 10 nitrogen and oxygen atoms in total. The maximum atomic E-state index is 13.0. The largest absolute Gasteiger partial charge is 0.496 e. The van der Waals surface area contributed by atoms with Crippen molar-refractivity contribution in [2.45, 2.75) is 20.8 Å². The lowest BCUT2D eigenvalue weighted by molar-refractivity contribution is 0.102. The van der Waals surface area contributed by atoms with Gasteiger partial charge in [-0.1, -0.05) is 24.3 Å². The number of aromatic amines is 1. The molecule has 0 saturated carbocycles. The number of nitrogens with zero attached hydrogens (tertiary/aromatic N) is 5. The van der Waals surface area contributed by atoms with Crippen LogP contribution in [0.3, 0.4) is 0 Å². The standard InChI is InChI=1S/C25H23N7O3/c1-14-8-7-10-19(16(14)3)31-22-18(13-26-31)24(34)29-25(28-22)32-21(12-15(2)30-32)27-23(33)17-9-5-6-11-20(17)35-4/h5-13H,1-4H3,(H,27,33)(H,28,29,34). The van der Waals surface area contributed by atoms with Gasteiger partial charge in [0.1, 0.15) is 17.0 Å². The van der Waals surface area contributed by atoms with E-state index in [2.05, 4.69) is 25.5 Å². The first-order valence-electron chi connectivity index (χ1n) is 10.9. The van der Waals surface area contributed by atoms with Crippen molar-refractivity contribution in [3.05, 3.63) is 87.5 Å². The number of carbonyl (C=O) groups is 1. The van der Waals surface area contributed by atoms with Crippen molar-refractivity contribution in [1.29, 1.82) is 0 Å². The van der Waals surface area contributed by atoms with Crippen LogP contribution < -0.4 is 15.6 Å². The van der Waals surface area contributed by atoms with Gasteiger partial charge in [0.15, 0.2) is 5.65 Å². The molecule has 0 radical (unpaired) electrons. The number of fused-ring (bicyclic) bond motifs is 1. The van der Waals surface area contributed by atoms with E-state index in [1.165, 1.54) is 18.0 Å². The number of rotatable bonds is 5. The molecule has 35 heavy (non-hydrogen) atoms. The Labute approximate surface area is 200 Å². The predicted octanol–water partition coefficient (Wildman–Crippen LogP) is 3.48. The predicted molar refractivity (Wildman–Crippen MR) is 132 cm³/mol. The minimum atomic E-state index is -0.382. The molecule has 0 fully saturated rings. The molecule has 10 heteroatoms. The summed E-state index contributed by atoms with van der Waals surface area (Å²) in [6, 6.07) is 14.5. The fourth-order valence-corrected chi connectivity index (χ4v) is 3.91. The van der Waals surface area contributed by atoms with Crippen LogP contribution in [0, 0.1) is 20.8 Å². The number of H-pyrrole nitrogens is 1. The van der Waals surface area contributed by atoms with Crippen molar-refractivity contribution in [2.75, 3.05) is 12.4 Å². The van der Waals surface area contributed by atoms with E-state index in [1.807, 2.05) is 32.0 Å². The van der Waals surface area contributed by atoms with Crippen LogP contribution in [-0.2, 0) is 0 Å². The Bertz CT molecular complexity index is 1640. The maximum absolute atomic E-state index is 13.0. The molecular formula is C25H23N7O3. The molecule has 0 bridgehead atoms. The summed E-state index contributed by atoms with van der Waals surface area (Å²) in [4.78, 5) is 33.3. The Morgan fingerprint density at radius 1 is 1.06 bits per heavy atom. The highest BCUT2D eigenvalue weighted by molar-refractivity contribution is 6.05. The third-order valence-corrected chi connectivity index (χ3v) is 5.86. The molecule has 3 aromatic heterocycles. The van der Waals surface area contributed by atoms with E-state index in [-0.39, 0.29) is 17.4 Å². The van der Waals surface area contributed by atoms with Gasteiger partial charge < -0.3 is 10.1 Å². The Kier molecular flexibility index (Phi) is 5.40. The third-order valence-electron chi connectivity index (χ3n) is 5.86. The first kappa shape index (κ1) is 22.1. The Balaban J connectivity index is 1.61. The molecular weight excluding hydrogens is 446 g/mol. The normalized spacial score (nSPS) is 11.1. The summed E-state index contributed by atoms with van der Waals surface area (Å²) < 4.78 is 8.33. The molecule has 0 unspecified atom stereocenters. The van der Waals surface area contributed by atoms with Gasteiger partial charge in [-0.2, -0.15) is 19.9 Å². The lowest BCUT2D eigenvalue weighted by Gasteiger charge is -2.11. The van der Waals surface area contributed by atoms with Crippen LogP contribution in [0.2, 0.25) is 0 Å². The van der Waals surface area contributed by atoms with Crippen molar-refractivity contribution in [1.82, 2.24) is 29.5 Å². The van der Waals surface area contributed by atoms with Gasteiger partial charge in [0.2, 0.25) is 5.95 Å². The van der Waals surface area contributed by atoms with E-state index in [0.717, 1.165) is 16.8 Å². The lowest BCUT2D eigenvalue weighted by atomic mass is 10.1. The fourth-order valence-electron chi connectivity index (χ4n) is 3.91. The van der Waals surface area contributed by atoms with Crippen LogP contribution in [0.4, 0.5) is 5.82 Å². The number of carbonyl (C=O) groups excluding carboxylic acids is 1. The van der Waals surface area contributed by atoms with Gasteiger partial charge in [-0.25, -0.2) is 4.68 Å². The number of anilines is 1. The van der Waals surface area contributed by atoms with Crippen LogP contribution in [0.15, 0.2) is 59.5 Å². The molecule has 5 rings (SSSR count).